The molecule has 0 fully saturated rings. The first kappa shape index (κ1) is 26.1. The second-order valence-corrected chi connectivity index (χ2v) is 9.93. The Morgan fingerprint density at radius 1 is 1.17 bits per heavy atom. The lowest BCUT2D eigenvalue weighted by molar-refractivity contribution is 0.0672. The number of thiophene rings is 1. The lowest BCUT2D eigenvalue weighted by atomic mass is 9.96. The Bertz CT molecular complexity index is 890. The summed E-state index contributed by atoms with van der Waals surface area (Å²) in [5.74, 6) is 0.497. The van der Waals surface area contributed by atoms with E-state index in [0.717, 1.165) is 16.9 Å². The molecule has 0 aliphatic heterocycles. The predicted molar refractivity (Wildman–Crippen MR) is 130 cm³/mol. The van der Waals surface area contributed by atoms with Crippen LogP contribution in [0, 0.1) is 0 Å². The smallest absolute Gasteiger partial charge is 0.250 e. The van der Waals surface area contributed by atoms with Crippen LogP contribution in [0.2, 0.25) is 4.34 Å². The number of guanidine groups is 1. The molecule has 0 aliphatic carbocycles. The Labute approximate surface area is 198 Å². The number of hydrogen-bond donors (Lipinski definition) is 4. The van der Waals surface area contributed by atoms with Gasteiger partial charge in [0.25, 0.3) is 0 Å². The van der Waals surface area contributed by atoms with Crippen molar-refractivity contribution >= 4 is 62.9 Å². The number of rotatable bonds is 9. The van der Waals surface area contributed by atoms with E-state index in [9.17, 15) is 13.5 Å². The standard InChI is InChI=1S/C18H25ClN4O3S2.HI/c1-3-20-17(22-13-18(2,24)14-7-5-4-6-8-14)21-11-12-23-28(25,26)16-10-9-15(19)27-16;/h4-10,23-24H,3,11-13H2,1-2H3,(H2,20,21,22);1H. The zero-order valence-corrected chi connectivity index (χ0v) is 20.9. The van der Waals surface area contributed by atoms with Gasteiger partial charge in [-0.25, -0.2) is 18.1 Å². The molecule has 2 rings (SSSR count). The minimum absolute atomic E-state index is 0. The summed E-state index contributed by atoms with van der Waals surface area (Å²) in [6.45, 7) is 4.94. The van der Waals surface area contributed by atoms with Crippen molar-refractivity contribution in [2.45, 2.75) is 23.7 Å². The van der Waals surface area contributed by atoms with Crippen LogP contribution in [0.4, 0.5) is 0 Å². The number of aliphatic hydroxyl groups is 1. The van der Waals surface area contributed by atoms with E-state index in [0.29, 0.717) is 23.4 Å². The van der Waals surface area contributed by atoms with Gasteiger partial charge < -0.3 is 15.7 Å². The van der Waals surface area contributed by atoms with Gasteiger partial charge in [0.15, 0.2) is 5.96 Å². The highest BCUT2D eigenvalue weighted by Crippen LogP contribution is 2.25. The predicted octanol–water partition coefficient (Wildman–Crippen LogP) is 2.76. The maximum absolute atomic E-state index is 12.2. The number of halogens is 2. The number of hydrogen-bond acceptors (Lipinski definition) is 5. The molecular formula is C18H26ClIN4O3S2. The van der Waals surface area contributed by atoms with Crippen LogP contribution in [0.3, 0.4) is 0 Å². The number of sulfonamides is 1. The maximum atomic E-state index is 12.2. The molecule has 0 radical (unpaired) electrons. The van der Waals surface area contributed by atoms with E-state index in [4.69, 9.17) is 11.6 Å². The van der Waals surface area contributed by atoms with Gasteiger partial charge in [-0.1, -0.05) is 41.9 Å². The van der Waals surface area contributed by atoms with Gasteiger partial charge in [-0.05, 0) is 31.5 Å². The third kappa shape index (κ3) is 8.38. The first-order valence-electron chi connectivity index (χ1n) is 8.79. The molecular weight excluding hydrogens is 547 g/mol. The van der Waals surface area contributed by atoms with Crippen LogP contribution >= 0.6 is 46.9 Å². The second-order valence-electron chi connectivity index (χ2n) is 6.22. The highest BCUT2D eigenvalue weighted by atomic mass is 127. The van der Waals surface area contributed by atoms with E-state index in [2.05, 4.69) is 20.3 Å². The van der Waals surface area contributed by atoms with Crippen molar-refractivity contribution in [1.82, 2.24) is 15.4 Å². The van der Waals surface area contributed by atoms with Gasteiger partial charge in [-0.15, -0.1) is 35.3 Å². The third-order valence-corrected chi connectivity index (χ3v) is 6.99. The summed E-state index contributed by atoms with van der Waals surface area (Å²) in [5, 5.41) is 16.8. The number of nitrogens with zero attached hydrogens (tertiary/aromatic N) is 1. The minimum atomic E-state index is -3.58. The van der Waals surface area contributed by atoms with Crippen LogP contribution in [-0.2, 0) is 15.6 Å². The molecule has 4 N–H and O–H groups in total. The summed E-state index contributed by atoms with van der Waals surface area (Å²) < 4.78 is 27.4. The Hall–Kier alpha value is -0.920. The molecule has 2 aromatic rings. The van der Waals surface area contributed by atoms with Crippen molar-refractivity contribution in [3.63, 3.8) is 0 Å². The van der Waals surface area contributed by atoms with Gasteiger partial charge in [0, 0.05) is 19.6 Å². The molecule has 0 saturated heterocycles. The molecule has 0 bridgehead atoms. The molecule has 1 atom stereocenters. The van der Waals surface area contributed by atoms with Crippen molar-refractivity contribution in [2.75, 3.05) is 26.2 Å². The van der Waals surface area contributed by atoms with Crippen LogP contribution in [0.25, 0.3) is 0 Å². The molecule has 0 saturated carbocycles. The maximum Gasteiger partial charge on any atom is 0.250 e. The Kier molecular flexibility index (Phi) is 10.9. The number of aliphatic imine (C=N–C) groups is 1. The zero-order valence-electron chi connectivity index (χ0n) is 16.2. The molecule has 1 heterocycles. The van der Waals surface area contributed by atoms with E-state index < -0.39 is 15.6 Å². The monoisotopic (exact) mass is 572 g/mol. The van der Waals surface area contributed by atoms with Crippen LogP contribution in [-0.4, -0.2) is 45.7 Å². The Balaban J connectivity index is 0.00000420. The Morgan fingerprint density at radius 2 is 1.86 bits per heavy atom. The Morgan fingerprint density at radius 3 is 2.45 bits per heavy atom. The minimum Gasteiger partial charge on any atom is -0.384 e. The van der Waals surface area contributed by atoms with Gasteiger partial charge in [0.1, 0.15) is 9.81 Å². The van der Waals surface area contributed by atoms with Gasteiger partial charge in [0.05, 0.1) is 10.9 Å². The fraction of sp³-hybridized carbons (Fsp3) is 0.389. The normalized spacial score (nSPS) is 14.0. The highest BCUT2D eigenvalue weighted by Gasteiger charge is 2.22. The summed E-state index contributed by atoms with van der Waals surface area (Å²) in [6.07, 6.45) is 0. The highest BCUT2D eigenvalue weighted by molar-refractivity contribution is 14.0. The van der Waals surface area contributed by atoms with Crippen LogP contribution in [0.5, 0.6) is 0 Å². The summed E-state index contributed by atoms with van der Waals surface area (Å²) in [6, 6.07) is 12.3. The molecule has 0 amide bonds. The fourth-order valence-corrected chi connectivity index (χ4v) is 4.90. The molecule has 11 heteroatoms. The molecule has 29 heavy (non-hydrogen) atoms. The lowest BCUT2D eigenvalue weighted by Crippen LogP contribution is -2.42. The zero-order chi connectivity index (χ0) is 20.6. The molecule has 1 aromatic carbocycles. The fourth-order valence-electron chi connectivity index (χ4n) is 2.34. The van der Waals surface area contributed by atoms with E-state index in [1.165, 1.54) is 6.07 Å². The van der Waals surface area contributed by atoms with Gasteiger partial charge in [0.2, 0.25) is 10.0 Å². The molecule has 0 aliphatic rings. The summed E-state index contributed by atoms with van der Waals surface area (Å²) >= 11 is 6.80. The van der Waals surface area contributed by atoms with Crippen molar-refractivity contribution in [3.8, 4) is 0 Å². The van der Waals surface area contributed by atoms with Crippen LogP contribution in [0.15, 0.2) is 51.7 Å². The molecule has 7 nitrogen and oxygen atoms in total. The van der Waals surface area contributed by atoms with Gasteiger partial charge in [-0.2, -0.15) is 0 Å². The average molecular weight is 573 g/mol. The number of nitrogens with one attached hydrogen (secondary N) is 3. The average Bonchev–Trinajstić information content (AvgIpc) is 3.11. The molecule has 1 aromatic heterocycles. The summed E-state index contributed by atoms with van der Waals surface area (Å²) in [4.78, 5) is 4.41. The summed E-state index contributed by atoms with van der Waals surface area (Å²) in [7, 11) is -3.58. The lowest BCUT2D eigenvalue weighted by Gasteiger charge is -2.22. The largest absolute Gasteiger partial charge is 0.384 e. The molecule has 1 unspecified atom stereocenters. The van der Waals surface area contributed by atoms with Crippen LogP contribution in [0.1, 0.15) is 19.4 Å². The SMILES string of the molecule is CCNC(=NCC(C)(O)c1ccccc1)NCCNS(=O)(=O)c1ccc(Cl)s1.I. The number of benzene rings is 1. The van der Waals surface area contributed by atoms with Gasteiger partial charge >= 0.3 is 0 Å². The topological polar surface area (TPSA) is 103 Å². The first-order valence-corrected chi connectivity index (χ1v) is 11.5. The summed E-state index contributed by atoms with van der Waals surface area (Å²) in [5.41, 5.74) is -0.333. The van der Waals surface area contributed by atoms with Crippen LogP contribution < -0.4 is 15.4 Å². The van der Waals surface area contributed by atoms with E-state index in [-0.39, 0.29) is 41.3 Å². The van der Waals surface area contributed by atoms with Gasteiger partial charge in [-0.3, -0.25) is 0 Å². The van der Waals surface area contributed by atoms with E-state index in [1.54, 1.807) is 13.0 Å². The van der Waals surface area contributed by atoms with E-state index >= 15 is 0 Å². The quantitative estimate of drug-likeness (QED) is 0.160. The van der Waals surface area contributed by atoms with E-state index in [1.807, 2.05) is 37.3 Å². The third-order valence-electron chi connectivity index (χ3n) is 3.81. The molecule has 162 valence electrons. The first-order chi connectivity index (χ1) is 13.2. The van der Waals surface area contributed by atoms with Crippen molar-refractivity contribution in [1.29, 1.82) is 0 Å². The second kappa shape index (κ2) is 12.1. The molecule has 0 spiro atoms. The van der Waals surface area contributed by atoms with Crippen molar-refractivity contribution in [2.24, 2.45) is 4.99 Å². The van der Waals surface area contributed by atoms with Crippen molar-refractivity contribution < 1.29 is 13.5 Å². The van der Waals surface area contributed by atoms with Crippen molar-refractivity contribution in [3.05, 3.63) is 52.4 Å².